The molecule has 1 aliphatic heterocycles. The van der Waals surface area contributed by atoms with Crippen LogP contribution in [0.1, 0.15) is 54.1 Å². The summed E-state index contributed by atoms with van der Waals surface area (Å²) in [6.45, 7) is 0. The van der Waals surface area contributed by atoms with Gasteiger partial charge in [-0.1, -0.05) is 67.1 Å². The highest BCUT2D eigenvalue weighted by Crippen LogP contribution is 2.34. The van der Waals surface area contributed by atoms with Gasteiger partial charge < -0.3 is 0 Å². The van der Waals surface area contributed by atoms with Crippen LogP contribution in [0, 0.1) is 5.82 Å². The summed E-state index contributed by atoms with van der Waals surface area (Å²) in [7, 11) is -2.10. The second kappa shape index (κ2) is 12.6. The molecule has 0 spiro atoms. The van der Waals surface area contributed by atoms with Crippen molar-refractivity contribution in [2.45, 2.75) is 55.2 Å². The molecular weight excluding hydrogens is 501 g/mol. The molecule has 1 heterocycles. The van der Waals surface area contributed by atoms with E-state index < -0.39 is 22.0 Å². The Balaban J connectivity index is 0.00000361. The van der Waals surface area contributed by atoms with Crippen LogP contribution in [-0.4, -0.2) is 38.2 Å². The Kier molecular flexibility index (Phi) is 9.79. The Morgan fingerprint density at radius 3 is 2.17 bits per heavy atom. The number of rotatable bonds is 9. The molecule has 0 aliphatic carbocycles. The van der Waals surface area contributed by atoms with Crippen molar-refractivity contribution < 1.29 is 21.8 Å². The number of benzene rings is 3. The quantitative estimate of drug-likeness (QED) is 0.242. The van der Waals surface area contributed by atoms with Gasteiger partial charge in [-0.25, -0.2) is 4.39 Å². The molecule has 0 unspecified atom stereocenters. The molecule has 4 rings (SSSR count). The molecule has 1 aliphatic rings. The van der Waals surface area contributed by atoms with E-state index >= 15 is 0 Å². The van der Waals surface area contributed by atoms with E-state index in [1.165, 1.54) is 12.1 Å². The van der Waals surface area contributed by atoms with E-state index in [-0.39, 0.29) is 35.2 Å². The number of carbonyl (C=O) groups excluding carboxylic acids is 1. The third kappa shape index (κ3) is 7.01. The van der Waals surface area contributed by atoms with Crippen LogP contribution in [0.15, 0.2) is 89.8 Å². The smallest absolute Gasteiger partial charge is 0.297 e. The van der Waals surface area contributed by atoms with Gasteiger partial charge in [0.1, 0.15) is 11.9 Å². The Morgan fingerprint density at radius 1 is 0.944 bits per heavy atom. The highest BCUT2D eigenvalue weighted by atomic mass is 35.5. The second-order valence-corrected chi connectivity index (χ2v) is 10.6. The molecule has 0 aromatic heterocycles. The van der Waals surface area contributed by atoms with E-state index in [0.29, 0.717) is 18.4 Å². The van der Waals surface area contributed by atoms with Crippen molar-refractivity contribution in [2.24, 2.45) is 0 Å². The van der Waals surface area contributed by atoms with Crippen LogP contribution in [0.2, 0.25) is 0 Å². The lowest BCUT2D eigenvalue weighted by Gasteiger charge is -2.40. The number of hydrogen-bond acceptors (Lipinski definition) is 5. The van der Waals surface area contributed by atoms with Gasteiger partial charge in [0, 0.05) is 24.1 Å². The lowest BCUT2D eigenvalue weighted by Crippen LogP contribution is -2.45. The van der Waals surface area contributed by atoms with Gasteiger partial charge in [-0.3, -0.25) is 13.9 Å². The number of likely N-dealkylation sites (tertiary alicyclic amines) is 1. The zero-order valence-electron chi connectivity index (χ0n) is 20.1. The van der Waals surface area contributed by atoms with Crippen molar-refractivity contribution in [3.63, 3.8) is 0 Å². The molecule has 1 saturated heterocycles. The fraction of sp³-hybridized carbons (Fsp3) is 0.321. The van der Waals surface area contributed by atoms with Gasteiger partial charge in [-0.15, -0.1) is 12.4 Å². The van der Waals surface area contributed by atoms with Crippen LogP contribution in [0.3, 0.4) is 0 Å². The SMILES string of the molecule is CN1[C@@H](CC(=O)c2ccccc2)CCC[C@H]1C[C@H](OS(=O)(=O)c1ccc(F)cc1)c1ccccc1.Cl. The van der Waals surface area contributed by atoms with Crippen LogP contribution in [0.25, 0.3) is 0 Å². The molecule has 3 aromatic carbocycles. The topological polar surface area (TPSA) is 63.7 Å². The zero-order chi connectivity index (χ0) is 24.8. The van der Waals surface area contributed by atoms with Crippen LogP contribution < -0.4 is 0 Å². The van der Waals surface area contributed by atoms with Gasteiger partial charge in [0.25, 0.3) is 10.1 Å². The van der Waals surface area contributed by atoms with Gasteiger partial charge in [-0.05, 0) is 56.1 Å². The minimum Gasteiger partial charge on any atom is -0.300 e. The molecule has 8 heteroatoms. The van der Waals surface area contributed by atoms with Gasteiger partial charge in [0.2, 0.25) is 0 Å². The summed E-state index contributed by atoms with van der Waals surface area (Å²) < 4.78 is 45.1. The molecule has 0 amide bonds. The highest BCUT2D eigenvalue weighted by Gasteiger charge is 2.33. The molecule has 5 nitrogen and oxygen atoms in total. The monoisotopic (exact) mass is 531 g/mol. The van der Waals surface area contributed by atoms with Crippen LogP contribution >= 0.6 is 12.4 Å². The largest absolute Gasteiger partial charge is 0.300 e. The Bertz CT molecular complexity index is 1220. The molecule has 0 saturated carbocycles. The predicted octanol–water partition coefficient (Wildman–Crippen LogP) is 6.21. The maximum absolute atomic E-state index is 13.3. The first-order valence-corrected chi connectivity index (χ1v) is 13.3. The van der Waals surface area contributed by atoms with Crippen molar-refractivity contribution in [3.8, 4) is 0 Å². The molecule has 0 N–H and O–H groups in total. The van der Waals surface area contributed by atoms with Gasteiger partial charge in [-0.2, -0.15) is 8.42 Å². The summed E-state index contributed by atoms with van der Waals surface area (Å²) in [6, 6.07) is 23.3. The zero-order valence-corrected chi connectivity index (χ0v) is 21.8. The predicted molar refractivity (Wildman–Crippen MR) is 140 cm³/mol. The summed E-state index contributed by atoms with van der Waals surface area (Å²) in [6.07, 6.45) is 2.92. The molecule has 0 radical (unpaired) electrons. The minimum atomic E-state index is -4.10. The first-order valence-electron chi connectivity index (χ1n) is 11.9. The first-order chi connectivity index (χ1) is 16.8. The molecular formula is C28H31ClFNO4S. The van der Waals surface area contributed by atoms with E-state index in [9.17, 15) is 17.6 Å². The molecule has 1 fully saturated rings. The number of carbonyl (C=O) groups is 1. The fourth-order valence-electron chi connectivity index (χ4n) is 4.74. The number of nitrogens with zero attached hydrogens (tertiary/aromatic N) is 1. The molecule has 192 valence electrons. The number of Topliss-reactive ketones (excluding diaryl/α,β-unsaturated/α-hetero) is 1. The lowest BCUT2D eigenvalue weighted by atomic mass is 9.88. The van der Waals surface area contributed by atoms with Gasteiger partial charge in [0.05, 0.1) is 4.90 Å². The third-order valence-electron chi connectivity index (χ3n) is 6.75. The van der Waals surface area contributed by atoms with Crippen molar-refractivity contribution in [1.82, 2.24) is 4.90 Å². The van der Waals surface area contributed by atoms with Crippen molar-refractivity contribution in [2.75, 3.05) is 7.05 Å². The Morgan fingerprint density at radius 2 is 1.53 bits per heavy atom. The highest BCUT2D eigenvalue weighted by molar-refractivity contribution is 7.86. The average Bonchev–Trinajstić information content (AvgIpc) is 2.87. The fourth-order valence-corrected chi connectivity index (χ4v) is 5.81. The van der Waals surface area contributed by atoms with Gasteiger partial charge >= 0.3 is 0 Å². The van der Waals surface area contributed by atoms with E-state index in [2.05, 4.69) is 4.90 Å². The van der Waals surface area contributed by atoms with E-state index in [1.54, 1.807) is 0 Å². The van der Waals surface area contributed by atoms with Crippen LogP contribution in [-0.2, 0) is 14.3 Å². The summed E-state index contributed by atoms with van der Waals surface area (Å²) in [5.41, 5.74) is 1.47. The number of piperidine rings is 1. The Labute approximate surface area is 218 Å². The van der Waals surface area contributed by atoms with Gasteiger partial charge in [0.15, 0.2) is 5.78 Å². The lowest BCUT2D eigenvalue weighted by molar-refractivity contribution is 0.0626. The van der Waals surface area contributed by atoms with Crippen LogP contribution in [0.4, 0.5) is 4.39 Å². The van der Waals surface area contributed by atoms with Crippen molar-refractivity contribution in [3.05, 3.63) is 102 Å². The van der Waals surface area contributed by atoms with E-state index in [4.69, 9.17) is 4.18 Å². The maximum atomic E-state index is 13.3. The Hall–Kier alpha value is -2.58. The van der Waals surface area contributed by atoms with Crippen molar-refractivity contribution in [1.29, 1.82) is 0 Å². The number of halogens is 2. The standard InChI is InChI=1S/C28H30FNO4S.ClH/c1-30-24(19-27(31)21-9-4-2-5-10-21)13-8-14-25(30)20-28(22-11-6-3-7-12-22)34-35(32,33)26-17-15-23(29)16-18-26;/h2-7,9-12,15-18,24-25,28H,8,13-14,19-20H2,1H3;1H/t24-,25+,28+;/m1./s1. The molecule has 3 aromatic rings. The summed E-state index contributed by atoms with van der Waals surface area (Å²) in [5, 5.41) is 0. The molecule has 36 heavy (non-hydrogen) atoms. The van der Waals surface area contributed by atoms with E-state index in [1.807, 2.05) is 67.7 Å². The minimum absolute atomic E-state index is 0. The second-order valence-electron chi connectivity index (χ2n) is 9.04. The summed E-state index contributed by atoms with van der Waals surface area (Å²) >= 11 is 0. The summed E-state index contributed by atoms with van der Waals surface area (Å²) in [5.74, 6) is -0.402. The summed E-state index contributed by atoms with van der Waals surface area (Å²) in [4.78, 5) is 14.9. The number of ketones is 1. The van der Waals surface area contributed by atoms with Crippen molar-refractivity contribution >= 4 is 28.3 Å². The number of hydrogen-bond donors (Lipinski definition) is 0. The van der Waals surface area contributed by atoms with Crippen LogP contribution in [0.5, 0.6) is 0 Å². The molecule has 3 atom stereocenters. The first kappa shape index (κ1) is 28.0. The molecule has 0 bridgehead atoms. The average molecular weight is 532 g/mol. The van der Waals surface area contributed by atoms with E-state index in [0.717, 1.165) is 37.0 Å². The maximum Gasteiger partial charge on any atom is 0.297 e. The third-order valence-corrected chi connectivity index (χ3v) is 8.08. The normalized spacial score (nSPS) is 19.3.